The molecule has 8 heteroatoms. The van der Waals surface area contributed by atoms with Crippen LogP contribution in [0.2, 0.25) is 0 Å². The summed E-state index contributed by atoms with van der Waals surface area (Å²) >= 11 is 0. The van der Waals surface area contributed by atoms with Gasteiger partial charge in [0.15, 0.2) is 5.65 Å². The molecule has 0 bridgehead atoms. The normalized spacial score (nSPS) is 18.2. The van der Waals surface area contributed by atoms with Gasteiger partial charge in [0.05, 0.1) is 11.6 Å². The van der Waals surface area contributed by atoms with Crippen molar-refractivity contribution in [3.8, 4) is 0 Å². The Morgan fingerprint density at radius 1 is 1.38 bits per heavy atom. The fourth-order valence-electron chi connectivity index (χ4n) is 3.41. The van der Waals surface area contributed by atoms with E-state index in [-0.39, 0.29) is 6.09 Å². The largest absolute Gasteiger partial charge is 0.444 e. The molecule has 1 aliphatic rings. The third kappa shape index (κ3) is 4.05. The first-order valence-corrected chi connectivity index (χ1v) is 9.06. The maximum Gasteiger partial charge on any atom is 0.410 e. The van der Waals surface area contributed by atoms with Crippen LogP contribution in [0.4, 0.5) is 10.6 Å². The summed E-state index contributed by atoms with van der Waals surface area (Å²) < 4.78 is 7.22. The van der Waals surface area contributed by atoms with Crippen LogP contribution < -0.4 is 4.90 Å². The summed E-state index contributed by atoms with van der Waals surface area (Å²) in [6.45, 7) is 8.13. The van der Waals surface area contributed by atoms with Crippen LogP contribution in [0.25, 0.3) is 11.0 Å². The van der Waals surface area contributed by atoms with Crippen LogP contribution in [-0.2, 0) is 11.8 Å². The number of hydrogen-bond donors (Lipinski definition) is 0. The molecule has 0 aromatic carbocycles. The number of aryl methyl sites for hydroxylation is 1. The van der Waals surface area contributed by atoms with Crippen LogP contribution >= 0.6 is 0 Å². The number of aromatic nitrogens is 4. The van der Waals surface area contributed by atoms with E-state index in [0.717, 1.165) is 42.8 Å². The number of ether oxygens (including phenoxy) is 1. The van der Waals surface area contributed by atoms with Crippen molar-refractivity contribution >= 4 is 22.9 Å². The summed E-state index contributed by atoms with van der Waals surface area (Å²) in [5, 5.41) is 5.26. The number of anilines is 1. The summed E-state index contributed by atoms with van der Waals surface area (Å²) in [5.74, 6) is 1.30. The van der Waals surface area contributed by atoms with E-state index in [0.29, 0.717) is 12.5 Å². The van der Waals surface area contributed by atoms with Crippen molar-refractivity contribution in [2.45, 2.75) is 39.2 Å². The molecular weight excluding hydrogens is 332 g/mol. The summed E-state index contributed by atoms with van der Waals surface area (Å²) in [5.41, 5.74) is 0.361. The molecule has 0 N–H and O–H groups in total. The number of rotatable bonds is 3. The Morgan fingerprint density at radius 2 is 2.15 bits per heavy atom. The predicted molar refractivity (Wildman–Crippen MR) is 100 cm³/mol. The molecule has 3 heterocycles. The third-order valence-corrected chi connectivity index (χ3v) is 4.56. The highest BCUT2D eigenvalue weighted by Crippen LogP contribution is 2.27. The Bertz CT molecular complexity index is 782. The van der Waals surface area contributed by atoms with E-state index < -0.39 is 5.60 Å². The van der Waals surface area contributed by atoms with Crippen molar-refractivity contribution < 1.29 is 9.53 Å². The number of carbonyl (C=O) groups is 1. The van der Waals surface area contributed by atoms with E-state index in [1.165, 1.54) is 0 Å². The molecule has 0 aliphatic carbocycles. The lowest BCUT2D eigenvalue weighted by Gasteiger charge is -2.35. The lowest BCUT2D eigenvalue weighted by atomic mass is 9.97. The average molecular weight is 360 g/mol. The zero-order valence-electron chi connectivity index (χ0n) is 16.3. The summed E-state index contributed by atoms with van der Waals surface area (Å²) in [7, 11) is 3.69. The van der Waals surface area contributed by atoms with Crippen molar-refractivity contribution in [3.63, 3.8) is 0 Å². The van der Waals surface area contributed by atoms with Gasteiger partial charge < -0.3 is 14.5 Å². The van der Waals surface area contributed by atoms with Gasteiger partial charge in [-0.2, -0.15) is 5.10 Å². The minimum Gasteiger partial charge on any atom is -0.444 e. The molecule has 0 radical (unpaired) electrons. The molecule has 2 aromatic heterocycles. The van der Waals surface area contributed by atoms with Gasteiger partial charge in [-0.15, -0.1) is 0 Å². The SMILES string of the molecule is CN(CC1CCCN(c2ncnc3c2cnn3C)C1)C(=O)OC(C)(C)C. The maximum atomic E-state index is 12.2. The van der Waals surface area contributed by atoms with E-state index in [4.69, 9.17) is 4.74 Å². The van der Waals surface area contributed by atoms with Crippen LogP contribution in [0.1, 0.15) is 33.6 Å². The second kappa shape index (κ2) is 7.09. The lowest BCUT2D eigenvalue weighted by molar-refractivity contribution is 0.0269. The van der Waals surface area contributed by atoms with Gasteiger partial charge in [0.25, 0.3) is 0 Å². The molecule has 1 unspecified atom stereocenters. The number of carbonyl (C=O) groups excluding carboxylic acids is 1. The highest BCUT2D eigenvalue weighted by atomic mass is 16.6. The number of nitrogens with zero attached hydrogens (tertiary/aromatic N) is 6. The van der Waals surface area contributed by atoms with E-state index in [1.54, 1.807) is 23.0 Å². The molecule has 1 amide bonds. The second-order valence-electron chi connectivity index (χ2n) is 8.02. The maximum absolute atomic E-state index is 12.2. The first-order valence-electron chi connectivity index (χ1n) is 9.06. The van der Waals surface area contributed by atoms with Crippen molar-refractivity contribution in [3.05, 3.63) is 12.5 Å². The Kier molecular flexibility index (Phi) is 5.02. The van der Waals surface area contributed by atoms with Gasteiger partial charge in [-0.3, -0.25) is 4.68 Å². The van der Waals surface area contributed by atoms with Crippen molar-refractivity contribution in [2.75, 3.05) is 31.6 Å². The molecule has 3 rings (SSSR count). The zero-order chi connectivity index (χ0) is 18.9. The van der Waals surface area contributed by atoms with Crippen LogP contribution in [0, 0.1) is 5.92 Å². The monoisotopic (exact) mass is 360 g/mol. The van der Waals surface area contributed by atoms with E-state index in [1.807, 2.05) is 34.0 Å². The second-order valence-corrected chi connectivity index (χ2v) is 8.02. The first kappa shape index (κ1) is 18.4. The van der Waals surface area contributed by atoms with Gasteiger partial charge in [0.2, 0.25) is 0 Å². The number of piperidine rings is 1. The molecular formula is C18H28N6O2. The van der Waals surface area contributed by atoms with E-state index in [9.17, 15) is 4.79 Å². The van der Waals surface area contributed by atoms with Gasteiger partial charge in [-0.25, -0.2) is 14.8 Å². The van der Waals surface area contributed by atoms with Crippen molar-refractivity contribution in [2.24, 2.45) is 13.0 Å². The van der Waals surface area contributed by atoms with Crippen LogP contribution in [0.15, 0.2) is 12.5 Å². The zero-order valence-corrected chi connectivity index (χ0v) is 16.3. The van der Waals surface area contributed by atoms with Gasteiger partial charge in [0.1, 0.15) is 17.7 Å². The van der Waals surface area contributed by atoms with Gasteiger partial charge in [-0.1, -0.05) is 0 Å². The van der Waals surface area contributed by atoms with Crippen molar-refractivity contribution in [1.29, 1.82) is 0 Å². The highest BCUT2D eigenvalue weighted by Gasteiger charge is 2.27. The fourth-order valence-corrected chi connectivity index (χ4v) is 3.41. The Balaban J connectivity index is 1.68. The molecule has 1 aliphatic heterocycles. The summed E-state index contributed by atoms with van der Waals surface area (Å²) in [6, 6.07) is 0. The molecule has 142 valence electrons. The number of amides is 1. The minimum atomic E-state index is -0.475. The Labute approximate surface area is 154 Å². The Hall–Kier alpha value is -2.38. The molecule has 2 aromatic rings. The molecule has 0 spiro atoms. The van der Waals surface area contributed by atoms with Gasteiger partial charge in [-0.05, 0) is 39.5 Å². The standard InChI is InChI=1S/C18H28N6O2/c1-18(2,3)26-17(25)22(4)10-13-7-6-8-24(11-13)16-14-9-21-23(5)15(14)19-12-20-16/h9,12-13H,6-8,10-11H2,1-5H3. The molecule has 8 nitrogen and oxygen atoms in total. The van der Waals surface area contributed by atoms with E-state index >= 15 is 0 Å². The smallest absolute Gasteiger partial charge is 0.410 e. The average Bonchev–Trinajstić information content (AvgIpc) is 2.95. The minimum absolute atomic E-state index is 0.272. The lowest BCUT2D eigenvalue weighted by Crippen LogP contribution is -2.43. The van der Waals surface area contributed by atoms with Gasteiger partial charge in [0, 0.05) is 33.7 Å². The Morgan fingerprint density at radius 3 is 2.88 bits per heavy atom. The van der Waals surface area contributed by atoms with Crippen LogP contribution in [0.3, 0.4) is 0 Å². The summed E-state index contributed by atoms with van der Waals surface area (Å²) in [4.78, 5) is 25.0. The summed E-state index contributed by atoms with van der Waals surface area (Å²) in [6.07, 6.45) is 5.30. The molecule has 1 fully saturated rings. The predicted octanol–water partition coefficient (Wildman–Crippen LogP) is 2.45. The molecule has 26 heavy (non-hydrogen) atoms. The highest BCUT2D eigenvalue weighted by molar-refractivity contribution is 5.86. The first-order chi connectivity index (χ1) is 12.2. The van der Waals surface area contributed by atoms with Crippen LogP contribution in [-0.4, -0.2) is 63.0 Å². The third-order valence-electron chi connectivity index (χ3n) is 4.56. The van der Waals surface area contributed by atoms with Crippen LogP contribution in [0.5, 0.6) is 0 Å². The fraction of sp³-hybridized carbons (Fsp3) is 0.667. The van der Waals surface area contributed by atoms with E-state index in [2.05, 4.69) is 20.0 Å². The quantitative estimate of drug-likeness (QED) is 0.837. The molecule has 1 atom stereocenters. The molecule has 0 saturated carbocycles. The number of hydrogen-bond acceptors (Lipinski definition) is 6. The topological polar surface area (TPSA) is 76.4 Å². The number of fused-ring (bicyclic) bond motifs is 1. The van der Waals surface area contributed by atoms with Gasteiger partial charge >= 0.3 is 6.09 Å². The molecule has 1 saturated heterocycles. The van der Waals surface area contributed by atoms with Crippen molar-refractivity contribution in [1.82, 2.24) is 24.6 Å².